The van der Waals surface area contributed by atoms with Crippen molar-refractivity contribution in [2.75, 3.05) is 20.6 Å². The smallest absolute Gasteiger partial charge is 0.271 e. The summed E-state index contributed by atoms with van der Waals surface area (Å²) in [6.45, 7) is 0.786. The molecule has 1 amide bonds. The Morgan fingerprint density at radius 3 is 2.77 bits per heavy atom. The van der Waals surface area contributed by atoms with Crippen LogP contribution in [0.3, 0.4) is 0 Å². The van der Waals surface area contributed by atoms with Gasteiger partial charge in [0.15, 0.2) is 4.96 Å². The Morgan fingerprint density at radius 2 is 2.08 bits per heavy atom. The summed E-state index contributed by atoms with van der Waals surface area (Å²) in [7, 11) is 3.95. The Hall–Kier alpha value is -2.22. The van der Waals surface area contributed by atoms with Crippen LogP contribution in [0.2, 0.25) is 5.02 Å². The molecular weight excluding hydrogens is 372 g/mol. The SMILES string of the molecule is CN(C)CCC(NC(=O)c1cnc2sccn2c1=O)c1ccc(Cl)cc1. The summed E-state index contributed by atoms with van der Waals surface area (Å²) in [6.07, 6.45) is 3.67. The highest BCUT2D eigenvalue weighted by Crippen LogP contribution is 2.20. The molecule has 0 aliphatic heterocycles. The molecule has 3 aromatic rings. The van der Waals surface area contributed by atoms with Gasteiger partial charge in [-0.25, -0.2) is 4.98 Å². The average molecular weight is 391 g/mol. The lowest BCUT2D eigenvalue weighted by Crippen LogP contribution is -2.35. The highest BCUT2D eigenvalue weighted by molar-refractivity contribution is 7.15. The molecule has 3 rings (SSSR count). The van der Waals surface area contributed by atoms with Crippen molar-refractivity contribution in [2.24, 2.45) is 0 Å². The van der Waals surface area contributed by atoms with Crippen molar-refractivity contribution in [3.63, 3.8) is 0 Å². The zero-order valence-electron chi connectivity index (χ0n) is 14.5. The van der Waals surface area contributed by atoms with Gasteiger partial charge in [-0.05, 0) is 44.8 Å². The van der Waals surface area contributed by atoms with E-state index in [9.17, 15) is 9.59 Å². The second kappa shape index (κ2) is 7.99. The van der Waals surface area contributed by atoms with Crippen LogP contribution in [0.1, 0.15) is 28.4 Å². The lowest BCUT2D eigenvalue weighted by Gasteiger charge is -2.21. The zero-order valence-corrected chi connectivity index (χ0v) is 16.0. The van der Waals surface area contributed by atoms with E-state index < -0.39 is 5.91 Å². The zero-order chi connectivity index (χ0) is 18.7. The number of benzene rings is 1. The van der Waals surface area contributed by atoms with Gasteiger partial charge in [-0.3, -0.25) is 14.0 Å². The maximum atomic E-state index is 12.7. The van der Waals surface area contributed by atoms with Gasteiger partial charge in [-0.2, -0.15) is 0 Å². The summed E-state index contributed by atoms with van der Waals surface area (Å²) in [6, 6.07) is 7.12. The van der Waals surface area contributed by atoms with Crippen LogP contribution in [0, 0.1) is 0 Å². The first-order valence-electron chi connectivity index (χ1n) is 8.11. The van der Waals surface area contributed by atoms with Crippen LogP contribution in [0.5, 0.6) is 0 Å². The predicted molar refractivity (Wildman–Crippen MR) is 104 cm³/mol. The quantitative estimate of drug-likeness (QED) is 0.702. The fourth-order valence-electron chi connectivity index (χ4n) is 2.62. The van der Waals surface area contributed by atoms with Crippen molar-refractivity contribution in [1.29, 1.82) is 0 Å². The molecule has 0 saturated carbocycles. The van der Waals surface area contributed by atoms with Crippen LogP contribution in [-0.4, -0.2) is 40.8 Å². The van der Waals surface area contributed by atoms with Crippen molar-refractivity contribution in [2.45, 2.75) is 12.5 Å². The number of hydrogen-bond acceptors (Lipinski definition) is 5. The molecule has 1 atom stereocenters. The molecule has 0 saturated heterocycles. The summed E-state index contributed by atoms with van der Waals surface area (Å²) in [5.41, 5.74) is 0.607. The number of carbonyl (C=O) groups is 1. The number of nitrogens with one attached hydrogen (secondary N) is 1. The lowest BCUT2D eigenvalue weighted by molar-refractivity contribution is 0.0930. The fraction of sp³-hybridized carbons (Fsp3) is 0.278. The number of fused-ring (bicyclic) bond motifs is 1. The van der Waals surface area contributed by atoms with Gasteiger partial charge in [-0.1, -0.05) is 23.7 Å². The molecule has 0 aliphatic carbocycles. The number of halogens is 1. The second-order valence-electron chi connectivity index (χ2n) is 6.20. The van der Waals surface area contributed by atoms with E-state index >= 15 is 0 Å². The van der Waals surface area contributed by atoms with E-state index in [1.807, 2.05) is 31.1 Å². The third kappa shape index (κ3) is 4.12. The molecular formula is C18H19ClN4O2S. The number of hydrogen-bond donors (Lipinski definition) is 1. The van der Waals surface area contributed by atoms with Crippen molar-refractivity contribution in [1.82, 2.24) is 19.6 Å². The molecule has 1 unspecified atom stereocenters. The van der Waals surface area contributed by atoms with Crippen molar-refractivity contribution in [3.8, 4) is 0 Å². The van der Waals surface area contributed by atoms with E-state index in [2.05, 4.69) is 10.3 Å². The van der Waals surface area contributed by atoms with Crippen molar-refractivity contribution >= 4 is 33.8 Å². The molecule has 0 fully saturated rings. The molecule has 136 valence electrons. The molecule has 1 N–H and O–H groups in total. The van der Waals surface area contributed by atoms with Crippen LogP contribution < -0.4 is 10.9 Å². The Kier molecular flexibility index (Phi) is 5.70. The van der Waals surface area contributed by atoms with E-state index in [4.69, 9.17) is 11.6 Å². The topological polar surface area (TPSA) is 66.7 Å². The monoisotopic (exact) mass is 390 g/mol. The minimum absolute atomic E-state index is 0.0321. The van der Waals surface area contributed by atoms with Crippen molar-refractivity contribution in [3.05, 3.63) is 68.5 Å². The lowest BCUT2D eigenvalue weighted by atomic mass is 10.0. The Labute approximate surface area is 160 Å². The number of nitrogens with zero attached hydrogens (tertiary/aromatic N) is 3. The van der Waals surface area contributed by atoms with E-state index in [1.165, 1.54) is 21.9 Å². The molecule has 8 heteroatoms. The number of carbonyl (C=O) groups excluding carboxylic acids is 1. The van der Waals surface area contributed by atoms with Crippen LogP contribution in [0.25, 0.3) is 4.96 Å². The van der Waals surface area contributed by atoms with Crippen LogP contribution in [0.4, 0.5) is 0 Å². The number of aromatic nitrogens is 2. The van der Waals surface area contributed by atoms with Crippen molar-refractivity contribution < 1.29 is 4.79 Å². The summed E-state index contributed by atoms with van der Waals surface area (Å²) in [5.74, 6) is -0.429. The largest absolute Gasteiger partial charge is 0.345 e. The second-order valence-corrected chi connectivity index (χ2v) is 7.51. The normalized spacial score (nSPS) is 12.5. The first kappa shape index (κ1) is 18.6. The summed E-state index contributed by atoms with van der Waals surface area (Å²) in [5, 5.41) is 5.36. The van der Waals surface area contributed by atoms with E-state index in [0.717, 1.165) is 12.1 Å². The third-order valence-corrected chi connectivity index (χ3v) is 5.05. The maximum Gasteiger partial charge on any atom is 0.271 e. The van der Waals surface area contributed by atoms with Crippen LogP contribution in [0.15, 0.2) is 46.8 Å². The number of rotatable bonds is 6. The minimum atomic E-state index is -0.429. The summed E-state index contributed by atoms with van der Waals surface area (Å²) < 4.78 is 1.39. The Balaban J connectivity index is 1.86. The van der Waals surface area contributed by atoms with Gasteiger partial charge >= 0.3 is 0 Å². The fourth-order valence-corrected chi connectivity index (χ4v) is 3.42. The molecule has 26 heavy (non-hydrogen) atoms. The Bertz CT molecular complexity index is 965. The molecule has 0 aliphatic rings. The maximum absolute atomic E-state index is 12.7. The van der Waals surface area contributed by atoms with E-state index in [1.54, 1.807) is 23.7 Å². The van der Waals surface area contributed by atoms with Gasteiger partial charge in [0, 0.05) is 22.8 Å². The predicted octanol–water partition coefficient (Wildman–Crippen LogP) is 2.83. The number of amides is 1. The summed E-state index contributed by atoms with van der Waals surface area (Å²) in [4.78, 5) is 32.0. The molecule has 0 radical (unpaired) electrons. The summed E-state index contributed by atoms with van der Waals surface area (Å²) >= 11 is 7.31. The number of thiazole rings is 1. The standard InChI is InChI=1S/C18H19ClN4O2S/c1-22(2)8-7-15(12-3-5-13(19)6-4-12)21-16(24)14-11-20-18-23(17(14)25)9-10-26-18/h3-6,9-11,15H,7-8H2,1-2H3,(H,21,24). The van der Waals surface area contributed by atoms with Crippen LogP contribution in [-0.2, 0) is 0 Å². The van der Waals surface area contributed by atoms with Gasteiger partial charge in [-0.15, -0.1) is 11.3 Å². The van der Waals surface area contributed by atoms with Gasteiger partial charge in [0.1, 0.15) is 5.56 Å². The van der Waals surface area contributed by atoms with Gasteiger partial charge in [0.2, 0.25) is 0 Å². The average Bonchev–Trinajstić information content (AvgIpc) is 3.09. The van der Waals surface area contributed by atoms with E-state index in [0.29, 0.717) is 16.4 Å². The third-order valence-electron chi connectivity index (χ3n) is 4.03. The minimum Gasteiger partial charge on any atom is -0.345 e. The first-order chi connectivity index (χ1) is 12.5. The molecule has 2 aromatic heterocycles. The van der Waals surface area contributed by atoms with E-state index in [-0.39, 0.29) is 17.2 Å². The molecule has 0 spiro atoms. The van der Waals surface area contributed by atoms with Crippen LogP contribution >= 0.6 is 22.9 Å². The molecule has 1 aromatic carbocycles. The highest BCUT2D eigenvalue weighted by Gasteiger charge is 2.19. The molecule has 6 nitrogen and oxygen atoms in total. The molecule has 0 bridgehead atoms. The highest BCUT2D eigenvalue weighted by atomic mass is 35.5. The van der Waals surface area contributed by atoms with Gasteiger partial charge in [0.25, 0.3) is 11.5 Å². The molecule has 2 heterocycles. The van der Waals surface area contributed by atoms with Gasteiger partial charge in [0.05, 0.1) is 6.04 Å². The van der Waals surface area contributed by atoms with Gasteiger partial charge < -0.3 is 10.2 Å². The Morgan fingerprint density at radius 1 is 1.35 bits per heavy atom. The first-order valence-corrected chi connectivity index (χ1v) is 9.37.